The molecule has 12 heteroatoms. The third kappa shape index (κ3) is 4.57. The number of carbonyl (C=O) groups is 1. The second-order valence-electron chi connectivity index (χ2n) is 7.93. The van der Waals surface area contributed by atoms with E-state index >= 15 is 0 Å². The summed E-state index contributed by atoms with van der Waals surface area (Å²) < 4.78 is 40.4. The highest BCUT2D eigenvalue weighted by atomic mass is 32.2. The van der Waals surface area contributed by atoms with Crippen LogP contribution in [-0.2, 0) is 21.9 Å². The summed E-state index contributed by atoms with van der Waals surface area (Å²) in [6.07, 6.45) is 0. The molecule has 4 rings (SSSR count). The number of fused-ring (bicyclic) bond motifs is 1. The Morgan fingerprint density at radius 3 is 2.44 bits per heavy atom. The quantitative estimate of drug-likeness (QED) is 0.569. The summed E-state index contributed by atoms with van der Waals surface area (Å²) in [5.74, 6) is 2.30. The molecular formula is C20H27N5O5S2. The van der Waals surface area contributed by atoms with Gasteiger partial charge in [-0.1, -0.05) is 25.6 Å². The fraction of sp³-hybridized carbons (Fsp3) is 0.550. The first-order chi connectivity index (χ1) is 15.3. The summed E-state index contributed by atoms with van der Waals surface area (Å²) in [5, 5.41) is 9.03. The molecule has 0 unspecified atom stereocenters. The number of rotatable bonds is 6. The number of benzene rings is 1. The molecule has 0 N–H and O–H groups in total. The molecule has 1 saturated heterocycles. The van der Waals surface area contributed by atoms with Gasteiger partial charge in [-0.2, -0.15) is 4.31 Å². The van der Waals surface area contributed by atoms with Crippen molar-refractivity contribution in [3.8, 4) is 11.5 Å². The molecule has 1 aromatic heterocycles. The number of nitrogens with zero attached hydrogens (tertiary/aromatic N) is 5. The Morgan fingerprint density at radius 2 is 1.78 bits per heavy atom. The third-order valence-corrected chi connectivity index (χ3v) is 8.35. The highest BCUT2D eigenvalue weighted by molar-refractivity contribution is 7.99. The number of piperazine rings is 1. The van der Waals surface area contributed by atoms with E-state index < -0.39 is 10.0 Å². The number of ether oxygens (including phenoxy) is 2. The number of amides is 1. The number of carbonyl (C=O) groups excluding carboxylic acids is 1. The van der Waals surface area contributed by atoms with E-state index in [1.54, 1.807) is 11.0 Å². The molecular weight excluding hydrogens is 454 g/mol. The van der Waals surface area contributed by atoms with E-state index in [-0.39, 0.29) is 35.6 Å². The molecule has 10 nitrogen and oxygen atoms in total. The number of thioether (sulfide) groups is 1. The van der Waals surface area contributed by atoms with Crippen LogP contribution in [0.15, 0.2) is 28.3 Å². The van der Waals surface area contributed by atoms with Crippen LogP contribution in [0.5, 0.6) is 11.5 Å². The van der Waals surface area contributed by atoms with Crippen LogP contribution in [-0.4, -0.2) is 83.4 Å². The normalized spacial score (nSPS) is 17.1. The van der Waals surface area contributed by atoms with Gasteiger partial charge in [0, 0.05) is 45.2 Å². The van der Waals surface area contributed by atoms with Crippen molar-refractivity contribution in [2.45, 2.75) is 29.8 Å². The lowest BCUT2D eigenvalue weighted by Gasteiger charge is -2.34. The van der Waals surface area contributed by atoms with Crippen LogP contribution >= 0.6 is 11.8 Å². The standard InChI is InChI=1S/C20H27N5O5S2/c1-14(2)19-21-22-20(23(19)3)31-13-18(26)24-6-8-25(9-7-24)32(27,28)15-4-5-16-17(12-15)30-11-10-29-16/h4-5,12,14H,6-11,13H2,1-3H3. The van der Waals surface area contributed by atoms with E-state index in [1.165, 1.54) is 28.2 Å². The molecule has 0 saturated carbocycles. The van der Waals surface area contributed by atoms with E-state index in [4.69, 9.17) is 9.47 Å². The van der Waals surface area contributed by atoms with Crippen molar-refractivity contribution in [3.63, 3.8) is 0 Å². The van der Waals surface area contributed by atoms with Crippen LogP contribution in [0.1, 0.15) is 25.6 Å². The Labute approximate surface area is 191 Å². The topological polar surface area (TPSA) is 107 Å². The van der Waals surface area contributed by atoms with Crippen molar-refractivity contribution in [2.75, 3.05) is 45.1 Å². The molecule has 0 bridgehead atoms. The van der Waals surface area contributed by atoms with E-state index in [1.807, 2.05) is 25.5 Å². The fourth-order valence-corrected chi connectivity index (χ4v) is 5.94. The first kappa shape index (κ1) is 22.9. The Balaban J connectivity index is 1.34. The van der Waals surface area contributed by atoms with Gasteiger partial charge in [0.05, 0.1) is 10.6 Å². The van der Waals surface area contributed by atoms with Crippen molar-refractivity contribution in [1.29, 1.82) is 0 Å². The molecule has 32 heavy (non-hydrogen) atoms. The van der Waals surface area contributed by atoms with Crippen LogP contribution in [0.2, 0.25) is 0 Å². The maximum atomic E-state index is 13.1. The first-order valence-electron chi connectivity index (χ1n) is 10.5. The Hall–Kier alpha value is -2.31. The van der Waals surface area contributed by atoms with Gasteiger partial charge in [-0.25, -0.2) is 8.42 Å². The van der Waals surface area contributed by atoms with Crippen LogP contribution in [0.4, 0.5) is 0 Å². The second kappa shape index (κ2) is 9.28. The predicted molar refractivity (Wildman–Crippen MR) is 119 cm³/mol. The molecule has 1 aromatic carbocycles. The monoisotopic (exact) mass is 481 g/mol. The number of hydrogen-bond acceptors (Lipinski definition) is 8. The van der Waals surface area contributed by atoms with Crippen molar-refractivity contribution >= 4 is 27.7 Å². The zero-order valence-electron chi connectivity index (χ0n) is 18.4. The third-order valence-electron chi connectivity index (χ3n) is 5.45. The van der Waals surface area contributed by atoms with Crippen molar-refractivity contribution in [3.05, 3.63) is 24.0 Å². The molecule has 0 spiro atoms. The van der Waals surface area contributed by atoms with Crippen LogP contribution in [0, 0.1) is 0 Å². The molecule has 0 aliphatic carbocycles. The van der Waals surface area contributed by atoms with Crippen molar-refractivity contribution < 1.29 is 22.7 Å². The van der Waals surface area contributed by atoms with Gasteiger partial charge in [0.1, 0.15) is 19.0 Å². The van der Waals surface area contributed by atoms with Gasteiger partial charge in [0.25, 0.3) is 0 Å². The lowest BCUT2D eigenvalue weighted by atomic mass is 10.2. The Kier molecular flexibility index (Phi) is 6.63. The molecule has 1 fully saturated rings. The number of hydrogen-bond donors (Lipinski definition) is 0. The van der Waals surface area contributed by atoms with Crippen molar-refractivity contribution in [1.82, 2.24) is 24.0 Å². The average Bonchev–Trinajstić information content (AvgIpc) is 3.17. The van der Waals surface area contributed by atoms with E-state index in [0.717, 1.165) is 5.82 Å². The number of aromatic nitrogens is 3. The fourth-order valence-electron chi connectivity index (χ4n) is 3.68. The highest BCUT2D eigenvalue weighted by Gasteiger charge is 2.31. The van der Waals surface area contributed by atoms with Crippen LogP contribution in [0.25, 0.3) is 0 Å². The Bertz CT molecular complexity index is 1090. The minimum atomic E-state index is -3.68. The summed E-state index contributed by atoms with van der Waals surface area (Å²) >= 11 is 1.34. The zero-order chi connectivity index (χ0) is 22.9. The summed E-state index contributed by atoms with van der Waals surface area (Å²) in [7, 11) is -1.79. The van der Waals surface area contributed by atoms with E-state index in [9.17, 15) is 13.2 Å². The SMILES string of the molecule is CC(C)c1nnc(SCC(=O)N2CCN(S(=O)(=O)c3ccc4c(c3)OCCO4)CC2)n1C. The summed E-state index contributed by atoms with van der Waals surface area (Å²) in [4.78, 5) is 14.5. The van der Waals surface area contributed by atoms with Crippen LogP contribution < -0.4 is 9.47 Å². The first-order valence-corrected chi connectivity index (χ1v) is 12.9. The Morgan fingerprint density at radius 1 is 1.09 bits per heavy atom. The zero-order valence-corrected chi connectivity index (χ0v) is 20.0. The largest absolute Gasteiger partial charge is 0.486 e. The molecule has 174 valence electrons. The minimum absolute atomic E-state index is 0.0412. The molecule has 0 atom stereocenters. The van der Waals surface area contributed by atoms with Gasteiger partial charge >= 0.3 is 0 Å². The van der Waals surface area contributed by atoms with E-state index in [0.29, 0.717) is 43.0 Å². The van der Waals surface area contributed by atoms with Gasteiger partial charge in [-0.15, -0.1) is 10.2 Å². The molecule has 2 aliphatic rings. The smallest absolute Gasteiger partial charge is 0.243 e. The van der Waals surface area contributed by atoms with Gasteiger partial charge in [0.2, 0.25) is 15.9 Å². The molecule has 1 amide bonds. The molecule has 2 aromatic rings. The van der Waals surface area contributed by atoms with Gasteiger partial charge < -0.3 is 18.9 Å². The van der Waals surface area contributed by atoms with Crippen molar-refractivity contribution in [2.24, 2.45) is 7.05 Å². The highest BCUT2D eigenvalue weighted by Crippen LogP contribution is 2.33. The molecule has 0 radical (unpaired) electrons. The maximum absolute atomic E-state index is 13.1. The maximum Gasteiger partial charge on any atom is 0.243 e. The molecule has 2 aliphatic heterocycles. The summed E-state index contributed by atoms with van der Waals surface area (Å²) in [6, 6.07) is 4.66. The summed E-state index contributed by atoms with van der Waals surface area (Å²) in [6.45, 7) is 6.11. The number of sulfonamides is 1. The second-order valence-corrected chi connectivity index (χ2v) is 10.8. The average molecular weight is 482 g/mol. The van der Waals surface area contributed by atoms with Gasteiger partial charge in [-0.3, -0.25) is 4.79 Å². The summed E-state index contributed by atoms with van der Waals surface area (Å²) in [5.41, 5.74) is 0. The lowest BCUT2D eigenvalue weighted by molar-refractivity contribution is -0.129. The van der Waals surface area contributed by atoms with Gasteiger partial charge in [-0.05, 0) is 12.1 Å². The predicted octanol–water partition coefficient (Wildman–Crippen LogP) is 1.33. The lowest BCUT2D eigenvalue weighted by Crippen LogP contribution is -2.51. The van der Waals surface area contributed by atoms with Gasteiger partial charge in [0.15, 0.2) is 16.7 Å². The molecule has 3 heterocycles. The minimum Gasteiger partial charge on any atom is -0.486 e. The van der Waals surface area contributed by atoms with E-state index in [2.05, 4.69) is 10.2 Å². The van der Waals surface area contributed by atoms with Crippen LogP contribution in [0.3, 0.4) is 0 Å².